The number of nitrogens with two attached hydrogens (primary N) is 1. The quantitative estimate of drug-likeness (QED) is 0.688. The number of carbonyl (C=O) groups is 2. The van der Waals surface area contributed by atoms with Crippen molar-refractivity contribution < 1.29 is 9.59 Å². The number of para-hydroxylation sites is 1. The van der Waals surface area contributed by atoms with Crippen molar-refractivity contribution in [2.75, 3.05) is 32.7 Å². The van der Waals surface area contributed by atoms with Gasteiger partial charge in [-0.2, -0.15) is 0 Å². The third kappa shape index (κ3) is 3.83. The first kappa shape index (κ1) is 17.9. The molecule has 138 valence electrons. The van der Waals surface area contributed by atoms with Crippen LogP contribution < -0.4 is 17.0 Å². The van der Waals surface area contributed by atoms with Crippen LogP contribution in [0.15, 0.2) is 33.9 Å². The molecule has 0 bridgehead atoms. The van der Waals surface area contributed by atoms with Crippen molar-refractivity contribution in [3.05, 3.63) is 45.1 Å². The van der Waals surface area contributed by atoms with E-state index in [1.807, 2.05) is 4.90 Å². The lowest BCUT2D eigenvalue weighted by molar-refractivity contribution is -0.133. The van der Waals surface area contributed by atoms with Crippen molar-refractivity contribution >= 4 is 22.7 Å². The van der Waals surface area contributed by atoms with Gasteiger partial charge in [0.2, 0.25) is 11.8 Å². The summed E-state index contributed by atoms with van der Waals surface area (Å²) in [6, 6.07) is 6.81. The third-order valence-electron chi connectivity index (χ3n) is 4.56. The highest BCUT2D eigenvalue weighted by Gasteiger charge is 2.22. The molecule has 0 unspecified atom stereocenters. The normalized spacial score (nSPS) is 15.3. The number of aromatic nitrogens is 2. The highest BCUT2D eigenvalue weighted by molar-refractivity contribution is 5.79. The summed E-state index contributed by atoms with van der Waals surface area (Å²) in [7, 11) is 0. The van der Waals surface area contributed by atoms with Gasteiger partial charge in [0.15, 0.2) is 0 Å². The zero-order chi connectivity index (χ0) is 18.7. The highest BCUT2D eigenvalue weighted by atomic mass is 16.2. The summed E-state index contributed by atoms with van der Waals surface area (Å²) in [4.78, 5) is 53.3. The number of fused-ring (bicyclic) bond motifs is 1. The Morgan fingerprint density at radius 3 is 2.46 bits per heavy atom. The molecule has 2 aromatic rings. The SMILES string of the molecule is NC(=O)CN1CCN(C(=O)CCn2c(=O)[nH]c(=O)c3ccccc32)CC1. The van der Waals surface area contributed by atoms with Gasteiger partial charge in [0.1, 0.15) is 0 Å². The Morgan fingerprint density at radius 1 is 1.08 bits per heavy atom. The Hall–Kier alpha value is -2.94. The number of aromatic amines is 1. The van der Waals surface area contributed by atoms with E-state index in [-0.39, 0.29) is 31.3 Å². The number of rotatable bonds is 5. The number of hydrogen-bond acceptors (Lipinski definition) is 5. The molecular formula is C17H21N5O4. The predicted octanol–water partition coefficient (Wildman–Crippen LogP) is -1.29. The lowest BCUT2D eigenvalue weighted by atomic mass is 10.2. The maximum absolute atomic E-state index is 12.4. The summed E-state index contributed by atoms with van der Waals surface area (Å²) in [6.45, 7) is 2.62. The van der Waals surface area contributed by atoms with Gasteiger partial charge in [0, 0.05) is 39.1 Å². The van der Waals surface area contributed by atoms with E-state index in [0.717, 1.165) is 0 Å². The van der Waals surface area contributed by atoms with Crippen molar-refractivity contribution in [2.45, 2.75) is 13.0 Å². The monoisotopic (exact) mass is 359 g/mol. The molecule has 1 aliphatic rings. The summed E-state index contributed by atoms with van der Waals surface area (Å²) in [6.07, 6.45) is 0.158. The second-order valence-electron chi connectivity index (χ2n) is 6.30. The zero-order valence-electron chi connectivity index (χ0n) is 14.3. The van der Waals surface area contributed by atoms with E-state index >= 15 is 0 Å². The number of piperazine rings is 1. The van der Waals surface area contributed by atoms with Crippen LogP contribution in [0, 0.1) is 0 Å². The molecule has 3 N–H and O–H groups in total. The molecule has 1 aliphatic heterocycles. The second-order valence-corrected chi connectivity index (χ2v) is 6.30. The summed E-state index contributed by atoms with van der Waals surface area (Å²) in [5.74, 6) is -0.444. The van der Waals surface area contributed by atoms with Crippen LogP contribution >= 0.6 is 0 Å². The lowest BCUT2D eigenvalue weighted by Crippen LogP contribution is -2.50. The van der Waals surface area contributed by atoms with Gasteiger partial charge >= 0.3 is 5.69 Å². The summed E-state index contributed by atoms with van der Waals surface area (Å²) < 4.78 is 1.41. The first-order chi connectivity index (χ1) is 12.5. The van der Waals surface area contributed by atoms with Gasteiger partial charge in [0.05, 0.1) is 17.4 Å². The minimum atomic E-state index is -0.521. The highest BCUT2D eigenvalue weighted by Crippen LogP contribution is 2.09. The van der Waals surface area contributed by atoms with Crippen molar-refractivity contribution in [1.29, 1.82) is 0 Å². The molecule has 9 nitrogen and oxygen atoms in total. The molecule has 0 radical (unpaired) electrons. The fourth-order valence-electron chi connectivity index (χ4n) is 3.21. The zero-order valence-corrected chi connectivity index (χ0v) is 14.3. The molecule has 9 heteroatoms. The first-order valence-electron chi connectivity index (χ1n) is 8.46. The minimum Gasteiger partial charge on any atom is -0.369 e. The van der Waals surface area contributed by atoms with Crippen LogP contribution in [0.3, 0.4) is 0 Å². The van der Waals surface area contributed by atoms with E-state index in [1.165, 1.54) is 4.57 Å². The number of nitrogens with zero attached hydrogens (tertiary/aromatic N) is 3. The average molecular weight is 359 g/mol. The number of H-pyrrole nitrogens is 1. The second kappa shape index (κ2) is 7.52. The van der Waals surface area contributed by atoms with Crippen LogP contribution in [0.1, 0.15) is 6.42 Å². The summed E-state index contributed by atoms with van der Waals surface area (Å²) in [5, 5.41) is 0.416. The molecule has 1 fully saturated rings. The number of aryl methyl sites for hydroxylation is 1. The van der Waals surface area contributed by atoms with E-state index in [2.05, 4.69) is 4.98 Å². The van der Waals surface area contributed by atoms with E-state index in [4.69, 9.17) is 5.73 Å². The Morgan fingerprint density at radius 2 is 1.77 bits per heavy atom. The molecule has 0 spiro atoms. The maximum atomic E-state index is 12.4. The topological polar surface area (TPSA) is 122 Å². The van der Waals surface area contributed by atoms with Crippen LogP contribution in [-0.2, 0) is 16.1 Å². The smallest absolute Gasteiger partial charge is 0.328 e. The number of carbonyl (C=O) groups excluding carboxylic acids is 2. The Kier molecular flexibility index (Phi) is 5.17. The fourth-order valence-corrected chi connectivity index (χ4v) is 3.21. The third-order valence-corrected chi connectivity index (χ3v) is 4.56. The largest absolute Gasteiger partial charge is 0.369 e. The van der Waals surface area contributed by atoms with E-state index in [1.54, 1.807) is 29.2 Å². The van der Waals surface area contributed by atoms with Gasteiger partial charge in [-0.15, -0.1) is 0 Å². The molecule has 1 aromatic carbocycles. The molecule has 3 rings (SSSR count). The molecule has 0 saturated carbocycles. The minimum absolute atomic E-state index is 0.0640. The standard InChI is InChI=1S/C17H21N5O4/c18-14(23)11-20-7-9-21(10-8-20)15(24)5-6-22-13-4-2-1-3-12(13)16(25)19-17(22)26/h1-4H,5-11H2,(H2,18,23)(H,19,25,26). The van der Waals surface area contributed by atoms with Crippen LogP contribution in [0.5, 0.6) is 0 Å². The molecular weight excluding hydrogens is 338 g/mol. The van der Waals surface area contributed by atoms with Crippen molar-refractivity contribution in [1.82, 2.24) is 19.4 Å². The summed E-state index contributed by atoms with van der Waals surface area (Å²) >= 11 is 0. The van der Waals surface area contributed by atoms with Crippen molar-refractivity contribution in [3.63, 3.8) is 0 Å². The number of primary amides is 1. The fraction of sp³-hybridized carbons (Fsp3) is 0.412. The van der Waals surface area contributed by atoms with Crippen LogP contribution in [0.25, 0.3) is 10.9 Å². The average Bonchev–Trinajstić information content (AvgIpc) is 2.61. The number of nitrogens with one attached hydrogen (secondary N) is 1. The molecule has 2 heterocycles. The van der Waals surface area contributed by atoms with E-state index < -0.39 is 11.2 Å². The van der Waals surface area contributed by atoms with E-state index in [0.29, 0.717) is 37.1 Å². The lowest BCUT2D eigenvalue weighted by Gasteiger charge is -2.34. The Labute approximate surface area is 149 Å². The van der Waals surface area contributed by atoms with Gasteiger partial charge in [-0.1, -0.05) is 12.1 Å². The van der Waals surface area contributed by atoms with Gasteiger partial charge in [-0.05, 0) is 12.1 Å². The van der Waals surface area contributed by atoms with E-state index in [9.17, 15) is 19.2 Å². The molecule has 1 saturated heterocycles. The Bertz CT molecular complexity index is 940. The molecule has 0 aliphatic carbocycles. The number of benzene rings is 1. The van der Waals surface area contributed by atoms with Gasteiger partial charge in [-0.3, -0.25) is 28.8 Å². The number of amides is 2. The maximum Gasteiger partial charge on any atom is 0.328 e. The van der Waals surface area contributed by atoms with Crippen LogP contribution in [0.4, 0.5) is 0 Å². The van der Waals surface area contributed by atoms with Gasteiger partial charge in [0.25, 0.3) is 5.56 Å². The summed E-state index contributed by atoms with van der Waals surface area (Å²) in [5.41, 5.74) is 4.74. The van der Waals surface area contributed by atoms with Gasteiger partial charge < -0.3 is 10.6 Å². The van der Waals surface area contributed by atoms with Crippen LogP contribution in [-0.4, -0.2) is 63.9 Å². The Balaban J connectivity index is 1.66. The predicted molar refractivity (Wildman–Crippen MR) is 95.7 cm³/mol. The van der Waals surface area contributed by atoms with Crippen molar-refractivity contribution in [2.24, 2.45) is 5.73 Å². The van der Waals surface area contributed by atoms with Crippen LogP contribution in [0.2, 0.25) is 0 Å². The van der Waals surface area contributed by atoms with Gasteiger partial charge in [-0.25, -0.2) is 4.79 Å². The molecule has 2 amide bonds. The molecule has 0 atom stereocenters. The number of hydrogen-bond donors (Lipinski definition) is 2. The molecule has 1 aromatic heterocycles. The van der Waals surface area contributed by atoms with Crippen molar-refractivity contribution in [3.8, 4) is 0 Å². The molecule has 26 heavy (non-hydrogen) atoms. The first-order valence-corrected chi connectivity index (χ1v) is 8.46.